The Morgan fingerprint density at radius 1 is 1.31 bits per heavy atom. The lowest BCUT2D eigenvalue weighted by atomic mass is 9.90. The number of hydrogen-bond acceptors (Lipinski definition) is 5. The molecule has 0 amide bonds. The summed E-state index contributed by atoms with van der Waals surface area (Å²) in [6, 6.07) is 7.48. The van der Waals surface area contributed by atoms with Crippen molar-refractivity contribution >= 4 is 22.8 Å². The van der Waals surface area contributed by atoms with E-state index < -0.39 is 18.2 Å². The molecule has 1 aliphatic carbocycles. The van der Waals surface area contributed by atoms with Gasteiger partial charge in [0.2, 0.25) is 0 Å². The van der Waals surface area contributed by atoms with E-state index in [1.165, 1.54) is 0 Å². The van der Waals surface area contributed by atoms with Crippen molar-refractivity contribution in [2.24, 2.45) is 11.8 Å². The second-order valence-corrected chi connectivity index (χ2v) is 7.38. The number of ketones is 1. The smallest absolute Gasteiger partial charge is 0.303 e. The Morgan fingerprint density at radius 3 is 2.86 bits per heavy atom. The van der Waals surface area contributed by atoms with Gasteiger partial charge in [-0.05, 0) is 31.4 Å². The highest BCUT2D eigenvalue weighted by Crippen LogP contribution is 2.34. The lowest BCUT2D eigenvalue weighted by molar-refractivity contribution is -0.137. The molecular weight excluding hydrogens is 372 g/mol. The van der Waals surface area contributed by atoms with Crippen molar-refractivity contribution in [2.45, 2.75) is 44.3 Å². The molecule has 0 aliphatic heterocycles. The summed E-state index contributed by atoms with van der Waals surface area (Å²) in [7, 11) is 0. The summed E-state index contributed by atoms with van der Waals surface area (Å²) in [5.41, 5.74) is 1.59. The normalized spacial score (nSPS) is 23.5. The summed E-state index contributed by atoms with van der Waals surface area (Å²) in [5, 5.41) is 29.3. The number of nitrogens with one attached hydrogen (secondary N) is 1. The number of para-hydroxylation sites is 2. The fourth-order valence-electron chi connectivity index (χ4n) is 3.70. The summed E-state index contributed by atoms with van der Waals surface area (Å²) in [6.45, 7) is 0. The van der Waals surface area contributed by atoms with Crippen molar-refractivity contribution in [2.75, 3.05) is 0 Å². The van der Waals surface area contributed by atoms with Gasteiger partial charge in [0.15, 0.2) is 0 Å². The average molecular weight is 398 g/mol. The van der Waals surface area contributed by atoms with Gasteiger partial charge in [0.25, 0.3) is 0 Å². The first-order chi connectivity index (χ1) is 14.0. The topological polar surface area (TPSA) is 124 Å². The summed E-state index contributed by atoms with van der Waals surface area (Å²) in [5.74, 6) is -1.12. The Bertz CT molecular complexity index is 884. The van der Waals surface area contributed by atoms with E-state index in [4.69, 9.17) is 5.11 Å². The number of aliphatic carboxylic acids is 1. The number of allylic oxidation sites excluding steroid dienone is 2. The molecule has 0 unspecified atom stereocenters. The van der Waals surface area contributed by atoms with Crippen LogP contribution >= 0.6 is 0 Å². The van der Waals surface area contributed by atoms with Crippen LogP contribution in [-0.4, -0.2) is 43.1 Å². The van der Waals surface area contributed by atoms with Crippen LogP contribution in [-0.2, 0) is 9.59 Å². The molecule has 0 saturated heterocycles. The Hall–Kier alpha value is -2.77. The molecule has 1 aromatic heterocycles. The molecule has 1 saturated carbocycles. The van der Waals surface area contributed by atoms with E-state index in [0.717, 1.165) is 11.0 Å². The summed E-state index contributed by atoms with van der Waals surface area (Å²) >= 11 is 0. The van der Waals surface area contributed by atoms with E-state index >= 15 is 0 Å². The standard InChI is InChI=1S/C22H26N2O5/c25-18(22-23-16-8-5-6-9-17(16)24-22)12-11-15-14(19(26)13-20(15)27)7-3-1-2-4-10-21(28)29/h1,3,5-6,8-9,11-12,14-15,18,20,25,27H,2,4,7,10,13H2,(H,23,24)(H,28,29)/b3-1-,12-11+/t14-,15-,18-,20-/m1/s1. The summed E-state index contributed by atoms with van der Waals surface area (Å²) in [4.78, 5) is 30.2. The van der Waals surface area contributed by atoms with E-state index in [-0.39, 0.29) is 30.5 Å². The maximum Gasteiger partial charge on any atom is 0.303 e. The number of aliphatic hydroxyl groups is 2. The van der Waals surface area contributed by atoms with Crippen LogP contribution in [0.25, 0.3) is 11.0 Å². The summed E-state index contributed by atoms with van der Waals surface area (Å²) in [6.07, 6.45) is 7.20. The highest BCUT2D eigenvalue weighted by molar-refractivity contribution is 5.84. The molecule has 1 aromatic carbocycles. The van der Waals surface area contributed by atoms with Crippen LogP contribution in [0.3, 0.4) is 0 Å². The number of fused-ring (bicyclic) bond motifs is 1. The molecule has 1 aliphatic rings. The van der Waals surface area contributed by atoms with Crippen LogP contribution in [0.15, 0.2) is 48.6 Å². The van der Waals surface area contributed by atoms with E-state index in [1.54, 1.807) is 12.2 Å². The molecule has 0 radical (unpaired) electrons. The van der Waals surface area contributed by atoms with E-state index in [2.05, 4.69) is 9.97 Å². The monoisotopic (exact) mass is 398 g/mol. The minimum Gasteiger partial charge on any atom is -0.481 e. The van der Waals surface area contributed by atoms with Gasteiger partial charge in [-0.1, -0.05) is 36.4 Å². The minimum atomic E-state index is -0.961. The second-order valence-electron chi connectivity index (χ2n) is 7.38. The number of carboxylic acids is 1. The largest absolute Gasteiger partial charge is 0.481 e. The molecule has 1 heterocycles. The molecule has 0 bridgehead atoms. The maximum atomic E-state index is 12.2. The van der Waals surface area contributed by atoms with Gasteiger partial charge in [0.1, 0.15) is 17.7 Å². The molecule has 29 heavy (non-hydrogen) atoms. The van der Waals surface area contributed by atoms with E-state index in [1.807, 2.05) is 36.4 Å². The Kier molecular flexibility index (Phi) is 6.95. The summed E-state index contributed by atoms with van der Waals surface area (Å²) < 4.78 is 0. The molecular formula is C22H26N2O5. The SMILES string of the molecule is O=C(O)CCC/C=C\C[C@H]1C(=O)C[C@@H](O)[C@@H]1/C=C/[C@@H](O)c1nc2ccccc2[nH]1. The number of benzene rings is 1. The lowest BCUT2D eigenvalue weighted by Gasteiger charge is -2.16. The molecule has 0 spiro atoms. The number of aromatic nitrogens is 2. The van der Waals surface area contributed by atoms with Gasteiger partial charge in [0, 0.05) is 24.7 Å². The van der Waals surface area contributed by atoms with Crippen molar-refractivity contribution < 1.29 is 24.9 Å². The number of imidazole rings is 1. The first-order valence-corrected chi connectivity index (χ1v) is 9.84. The van der Waals surface area contributed by atoms with Gasteiger partial charge < -0.3 is 20.3 Å². The molecule has 3 rings (SSSR count). The fourth-order valence-corrected chi connectivity index (χ4v) is 3.70. The predicted octanol–water partition coefficient (Wildman–Crippen LogP) is 2.92. The number of carboxylic acid groups (broad SMARTS) is 1. The Morgan fingerprint density at radius 2 is 2.10 bits per heavy atom. The zero-order valence-electron chi connectivity index (χ0n) is 16.1. The molecule has 2 aromatic rings. The first kappa shape index (κ1) is 21.0. The number of nitrogens with zero attached hydrogens (tertiary/aromatic N) is 1. The lowest BCUT2D eigenvalue weighted by Crippen LogP contribution is -2.18. The van der Waals surface area contributed by atoms with Gasteiger partial charge >= 0.3 is 5.97 Å². The second kappa shape index (κ2) is 9.62. The van der Waals surface area contributed by atoms with Gasteiger partial charge in [-0.3, -0.25) is 9.59 Å². The molecule has 4 N–H and O–H groups in total. The van der Waals surface area contributed by atoms with Gasteiger partial charge in [-0.2, -0.15) is 0 Å². The van der Waals surface area contributed by atoms with Crippen molar-refractivity contribution in [3.63, 3.8) is 0 Å². The first-order valence-electron chi connectivity index (χ1n) is 9.84. The highest BCUT2D eigenvalue weighted by atomic mass is 16.4. The number of unbranched alkanes of at least 4 members (excludes halogenated alkanes) is 1. The van der Waals surface area contributed by atoms with Crippen LogP contribution < -0.4 is 0 Å². The number of rotatable bonds is 9. The molecule has 154 valence electrons. The average Bonchev–Trinajstić information content (AvgIpc) is 3.23. The zero-order valence-corrected chi connectivity index (χ0v) is 16.1. The fraction of sp³-hybridized carbons (Fsp3) is 0.409. The quantitative estimate of drug-likeness (QED) is 0.380. The van der Waals surface area contributed by atoms with Crippen LogP contribution in [0.1, 0.15) is 44.0 Å². The number of carbonyl (C=O) groups is 2. The van der Waals surface area contributed by atoms with Crippen molar-refractivity contribution in [3.8, 4) is 0 Å². The van der Waals surface area contributed by atoms with Crippen LogP contribution in [0.2, 0.25) is 0 Å². The third kappa shape index (κ3) is 5.40. The molecule has 4 atom stereocenters. The highest BCUT2D eigenvalue weighted by Gasteiger charge is 2.39. The van der Waals surface area contributed by atoms with Crippen LogP contribution in [0.5, 0.6) is 0 Å². The third-order valence-electron chi connectivity index (χ3n) is 5.25. The van der Waals surface area contributed by atoms with Gasteiger partial charge in [-0.15, -0.1) is 0 Å². The minimum absolute atomic E-state index is 0.000521. The number of H-pyrrole nitrogens is 1. The van der Waals surface area contributed by atoms with Gasteiger partial charge in [0.05, 0.1) is 17.1 Å². The van der Waals surface area contributed by atoms with Crippen LogP contribution in [0, 0.1) is 11.8 Å². The van der Waals surface area contributed by atoms with Crippen molar-refractivity contribution in [3.05, 3.63) is 54.4 Å². The number of hydrogen-bond donors (Lipinski definition) is 4. The number of aromatic amines is 1. The Labute approximate surface area is 168 Å². The number of Topliss-reactive ketones (excluding diaryl/α,β-unsaturated/α-hetero) is 1. The molecule has 7 heteroatoms. The zero-order chi connectivity index (χ0) is 20.8. The maximum absolute atomic E-state index is 12.2. The van der Waals surface area contributed by atoms with Crippen molar-refractivity contribution in [1.82, 2.24) is 9.97 Å². The third-order valence-corrected chi connectivity index (χ3v) is 5.25. The van der Waals surface area contributed by atoms with E-state index in [0.29, 0.717) is 25.1 Å². The van der Waals surface area contributed by atoms with Gasteiger partial charge in [-0.25, -0.2) is 4.98 Å². The molecule has 7 nitrogen and oxygen atoms in total. The predicted molar refractivity (Wildman–Crippen MR) is 108 cm³/mol. The van der Waals surface area contributed by atoms with Crippen LogP contribution in [0.4, 0.5) is 0 Å². The molecule has 1 fully saturated rings. The number of aliphatic hydroxyl groups excluding tert-OH is 2. The van der Waals surface area contributed by atoms with E-state index in [9.17, 15) is 19.8 Å². The Balaban J connectivity index is 1.61. The number of carbonyl (C=O) groups excluding carboxylic acids is 1. The van der Waals surface area contributed by atoms with Crippen molar-refractivity contribution in [1.29, 1.82) is 0 Å².